The fourth-order valence-electron chi connectivity index (χ4n) is 2.70. The van der Waals surface area contributed by atoms with Crippen molar-refractivity contribution < 1.29 is 9.90 Å². The summed E-state index contributed by atoms with van der Waals surface area (Å²) < 4.78 is 1.80. The molecule has 0 atom stereocenters. The molecule has 0 fully saturated rings. The lowest BCUT2D eigenvalue weighted by Crippen LogP contribution is -2.22. The van der Waals surface area contributed by atoms with Crippen LogP contribution in [-0.2, 0) is 11.8 Å². The molecule has 4 nitrogen and oxygen atoms in total. The van der Waals surface area contributed by atoms with E-state index >= 15 is 0 Å². The first kappa shape index (κ1) is 15.3. The van der Waals surface area contributed by atoms with Crippen LogP contribution in [0.15, 0.2) is 24.4 Å². The van der Waals surface area contributed by atoms with Crippen LogP contribution in [0.3, 0.4) is 0 Å². The van der Waals surface area contributed by atoms with E-state index in [4.69, 9.17) is 0 Å². The standard InChI is InChI=1S/C17H22N2O2/c1-6-12-9-7-8-11(2)14(12)19-15(17(3,4)5)13(10-18-19)16(20)21/h7-10H,6H2,1-5H3,(H,20,21). The number of benzene rings is 1. The summed E-state index contributed by atoms with van der Waals surface area (Å²) in [7, 11) is 0. The van der Waals surface area contributed by atoms with Crippen LogP contribution in [0.1, 0.15) is 54.9 Å². The minimum atomic E-state index is -0.933. The average molecular weight is 286 g/mol. The van der Waals surface area contributed by atoms with Gasteiger partial charge in [-0.15, -0.1) is 0 Å². The van der Waals surface area contributed by atoms with Gasteiger partial charge in [0, 0.05) is 5.41 Å². The molecule has 0 saturated heterocycles. The molecule has 4 heteroatoms. The van der Waals surface area contributed by atoms with Gasteiger partial charge in [-0.3, -0.25) is 0 Å². The molecule has 0 aliphatic rings. The van der Waals surface area contributed by atoms with E-state index in [2.05, 4.69) is 18.1 Å². The van der Waals surface area contributed by atoms with Crippen molar-refractivity contribution in [3.05, 3.63) is 46.8 Å². The van der Waals surface area contributed by atoms with Crippen LogP contribution in [0.5, 0.6) is 0 Å². The van der Waals surface area contributed by atoms with E-state index < -0.39 is 5.97 Å². The number of nitrogens with zero attached hydrogens (tertiary/aromatic N) is 2. The van der Waals surface area contributed by atoms with E-state index in [1.807, 2.05) is 39.8 Å². The highest BCUT2D eigenvalue weighted by Gasteiger charge is 2.28. The van der Waals surface area contributed by atoms with Crippen LogP contribution >= 0.6 is 0 Å². The Balaban J connectivity index is 2.80. The summed E-state index contributed by atoms with van der Waals surface area (Å²) >= 11 is 0. The van der Waals surface area contributed by atoms with Gasteiger partial charge in [0.2, 0.25) is 0 Å². The van der Waals surface area contributed by atoms with E-state index in [0.29, 0.717) is 0 Å². The molecule has 1 aromatic carbocycles. The van der Waals surface area contributed by atoms with E-state index in [-0.39, 0.29) is 11.0 Å². The van der Waals surface area contributed by atoms with E-state index in [1.54, 1.807) is 4.68 Å². The maximum absolute atomic E-state index is 11.5. The molecule has 1 aromatic heterocycles. The van der Waals surface area contributed by atoms with Crippen molar-refractivity contribution in [2.75, 3.05) is 0 Å². The Morgan fingerprint density at radius 1 is 1.33 bits per heavy atom. The number of carbonyl (C=O) groups is 1. The molecule has 1 heterocycles. The molecule has 1 N–H and O–H groups in total. The summed E-state index contributed by atoms with van der Waals surface area (Å²) in [6.07, 6.45) is 2.33. The molecule has 0 radical (unpaired) electrons. The molecule has 0 aliphatic heterocycles. The van der Waals surface area contributed by atoms with Gasteiger partial charge >= 0.3 is 5.97 Å². The number of carboxylic acids is 1. The minimum absolute atomic E-state index is 0.271. The Morgan fingerprint density at radius 2 is 2.00 bits per heavy atom. The summed E-state index contributed by atoms with van der Waals surface area (Å²) in [5.74, 6) is -0.933. The first-order valence-corrected chi connectivity index (χ1v) is 7.18. The van der Waals surface area contributed by atoms with Gasteiger partial charge in [0.25, 0.3) is 0 Å². The molecular weight excluding hydrogens is 264 g/mol. The fourth-order valence-corrected chi connectivity index (χ4v) is 2.70. The van der Waals surface area contributed by atoms with Crippen molar-refractivity contribution in [3.8, 4) is 5.69 Å². The zero-order valence-corrected chi connectivity index (χ0v) is 13.3. The zero-order chi connectivity index (χ0) is 15.8. The fraction of sp³-hybridized carbons (Fsp3) is 0.412. The first-order valence-electron chi connectivity index (χ1n) is 7.18. The Hall–Kier alpha value is -2.10. The summed E-state index contributed by atoms with van der Waals surface area (Å²) in [6.45, 7) is 10.2. The average Bonchev–Trinajstić information content (AvgIpc) is 2.82. The number of hydrogen-bond donors (Lipinski definition) is 1. The van der Waals surface area contributed by atoms with Gasteiger partial charge in [0.05, 0.1) is 17.6 Å². The van der Waals surface area contributed by atoms with E-state index in [9.17, 15) is 9.90 Å². The van der Waals surface area contributed by atoms with Crippen LogP contribution < -0.4 is 0 Å². The summed E-state index contributed by atoms with van der Waals surface area (Å²) in [6, 6.07) is 6.12. The number of aromatic nitrogens is 2. The predicted octanol–water partition coefficient (Wildman–Crippen LogP) is 3.74. The van der Waals surface area contributed by atoms with Gasteiger partial charge in [-0.05, 0) is 24.5 Å². The van der Waals surface area contributed by atoms with Gasteiger partial charge in [-0.25, -0.2) is 9.48 Å². The second kappa shape index (κ2) is 5.35. The number of rotatable bonds is 3. The SMILES string of the molecule is CCc1cccc(C)c1-n1ncc(C(=O)O)c1C(C)(C)C. The smallest absolute Gasteiger partial charge is 0.339 e. The van der Waals surface area contributed by atoms with E-state index in [0.717, 1.165) is 23.4 Å². The number of aromatic carboxylic acids is 1. The quantitative estimate of drug-likeness (QED) is 0.935. The Kier molecular flexibility index (Phi) is 3.90. The number of para-hydroxylation sites is 1. The Bertz CT molecular complexity index is 679. The van der Waals surface area contributed by atoms with Crippen molar-refractivity contribution in [1.29, 1.82) is 0 Å². The molecule has 0 amide bonds. The normalized spacial score (nSPS) is 11.7. The summed E-state index contributed by atoms with van der Waals surface area (Å²) in [4.78, 5) is 11.5. The first-order chi connectivity index (χ1) is 9.77. The lowest BCUT2D eigenvalue weighted by Gasteiger charge is -2.23. The Morgan fingerprint density at radius 3 is 2.52 bits per heavy atom. The van der Waals surface area contributed by atoms with Crippen molar-refractivity contribution >= 4 is 5.97 Å². The maximum atomic E-state index is 11.5. The van der Waals surface area contributed by atoms with Crippen LogP contribution in [0.2, 0.25) is 0 Å². The van der Waals surface area contributed by atoms with Crippen LogP contribution in [0, 0.1) is 6.92 Å². The molecule has 0 unspecified atom stereocenters. The lowest BCUT2D eigenvalue weighted by atomic mass is 9.88. The third-order valence-electron chi connectivity index (χ3n) is 3.62. The lowest BCUT2D eigenvalue weighted by molar-refractivity contribution is 0.0694. The van der Waals surface area contributed by atoms with Crippen molar-refractivity contribution in [2.45, 2.75) is 46.5 Å². The highest BCUT2D eigenvalue weighted by atomic mass is 16.4. The predicted molar refractivity (Wildman–Crippen MR) is 83.3 cm³/mol. The molecule has 2 rings (SSSR count). The van der Waals surface area contributed by atoms with E-state index in [1.165, 1.54) is 11.8 Å². The van der Waals surface area contributed by atoms with Crippen LogP contribution in [0.25, 0.3) is 5.69 Å². The van der Waals surface area contributed by atoms with Gasteiger partial charge in [-0.2, -0.15) is 5.10 Å². The molecule has 0 aliphatic carbocycles. The molecular formula is C17H22N2O2. The highest BCUT2D eigenvalue weighted by molar-refractivity contribution is 5.89. The van der Waals surface area contributed by atoms with Gasteiger partial charge < -0.3 is 5.11 Å². The Labute approximate surface area is 125 Å². The molecule has 2 aromatic rings. The molecule has 21 heavy (non-hydrogen) atoms. The molecule has 112 valence electrons. The number of hydrogen-bond acceptors (Lipinski definition) is 2. The second-order valence-corrected chi connectivity index (χ2v) is 6.31. The molecule has 0 bridgehead atoms. The van der Waals surface area contributed by atoms with Crippen molar-refractivity contribution in [3.63, 3.8) is 0 Å². The van der Waals surface area contributed by atoms with Crippen molar-refractivity contribution in [1.82, 2.24) is 9.78 Å². The van der Waals surface area contributed by atoms with Gasteiger partial charge in [-0.1, -0.05) is 45.9 Å². The monoisotopic (exact) mass is 286 g/mol. The maximum Gasteiger partial charge on any atom is 0.339 e. The third-order valence-corrected chi connectivity index (χ3v) is 3.62. The third kappa shape index (κ3) is 2.71. The second-order valence-electron chi connectivity index (χ2n) is 6.31. The largest absolute Gasteiger partial charge is 0.478 e. The minimum Gasteiger partial charge on any atom is -0.478 e. The summed E-state index contributed by atoms with van der Waals surface area (Å²) in [5, 5.41) is 13.8. The zero-order valence-electron chi connectivity index (χ0n) is 13.3. The molecule has 0 saturated carbocycles. The summed E-state index contributed by atoms with van der Waals surface area (Å²) in [5.41, 5.74) is 3.96. The van der Waals surface area contributed by atoms with Gasteiger partial charge in [0.15, 0.2) is 0 Å². The topological polar surface area (TPSA) is 55.1 Å². The van der Waals surface area contributed by atoms with Crippen LogP contribution in [0.4, 0.5) is 0 Å². The highest BCUT2D eigenvalue weighted by Crippen LogP contribution is 2.31. The number of carboxylic acid groups (broad SMARTS) is 1. The molecule has 0 spiro atoms. The van der Waals surface area contributed by atoms with Gasteiger partial charge in [0.1, 0.15) is 5.56 Å². The number of aryl methyl sites for hydroxylation is 2. The van der Waals surface area contributed by atoms with Crippen LogP contribution in [-0.4, -0.2) is 20.9 Å². The van der Waals surface area contributed by atoms with Crippen molar-refractivity contribution in [2.24, 2.45) is 0 Å².